The fourth-order valence-corrected chi connectivity index (χ4v) is 2.01. The van der Waals surface area contributed by atoms with Crippen molar-refractivity contribution in [3.63, 3.8) is 0 Å². The summed E-state index contributed by atoms with van der Waals surface area (Å²) in [6, 6.07) is 5.49. The lowest BCUT2D eigenvalue weighted by Gasteiger charge is -2.25. The Morgan fingerprint density at radius 3 is 2.65 bits per heavy atom. The molecule has 1 aromatic rings. The van der Waals surface area contributed by atoms with Crippen molar-refractivity contribution < 1.29 is 19.0 Å². The Morgan fingerprint density at radius 2 is 2.00 bits per heavy atom. The van der Waals surface area contributed by atoms with Crippen LogP contribution in [0.15, 0.2) is 24.3 Å². The first-order valence-electron chi connectivity index (χ1n) is 6.51. The van der Waals surface area contributed by atoms with Crippen molar-refractivity contribution in [3.05, 3.63) is 29.8 Å². The van der Waals surface area contributed by atoms with Crippen LogP contribution in [-0.2, 0) is 9.53 Å². The Balaban J connectivity index is 2.08. The van der Waals surface area contributed by atoms with Crippen molar-refractivity contribution in [1.82, 2.24) is 4.90 Å². The summed E-state index contributed by atoms with van der Waals surface area (Å²) in [6.07, 6.45) is 3.33. The standard InChI is InChI=1S/C15H19NO4/c1-18-13-5-3-12(14(11-13)19-2)4-6-15(17)16-7-9-20-10-8-16/h3-6,11H,7-10H2,1-2H3/b6-4+. The van der Waals surface area contributed by atoms with E-state index in [1.54, 1.807) is 37.3 Å². The van der Waals surface area contributed by atoms with Gasteiger partial charge in [-0.15, -0.1) is 0 Å². The number of hydrogen-bond acceptors (Lipinski definition) is 4. The lowest BCUT2D eigenvalue weighted by atomic mass is 10.1. The van der Waals surface area contributed by atoms with Gasteiger partial charge in [0.2, 0.25) is 5.91 Å². The smallest absolute Gasteiger partial charge is 0.246 e. The van der Waals surface area contributed by atoms with E-state index >= 15 is 0 Å². The van der Waals surface area contributed by atoms with Crippen LogP contribution in [0.4, 0.5) is 0 Å². The maximum absolute atomic E-state index is 12.0. The molecule has 1 aromatic carbocycles. The average Bonchev–Trinajstić information content (AvgIpc) is 2.53. The monoisotopic (exact) mass is 277 g/mol. The van der Waals surface area contributed by atoms with E-state index in [9.17, 15) is 4.79 Å². The van der Waals surface area contributed by atoms with Gasteiger partial charge in [-0.3, -0.25) is 4.79 Å². The van der Waals surface area contributed by atoms with Crippen LogP contribution in [0.25, 0.3) is 6.08 Å². The van der Waals surface area contributed by atoms with Gasteiger partial charge in [-0.1, -0.05) is 0 Å². The minimum absolute atomic E-state index is 0.00817. The topological polar surface area (TPSA) is 48.0 Å². The number of methoxy groups -OCH3 is 2. The lowest BCUT2D eigenvalue weighted by molar-refractivity contribution is -0.129. The Bertz CT molecular complexity index is 493. The Kier molecular flexibility index (Phi) is 5.01. The molecule has 1 heterocycles. The molecule has 0 aromatic heterocycles. The number of rotatable bonds is 4. The quantitative estimate of drug-likeness (QED) is 0.784. The number of nitrogens with zero attached hydrogens (tertiary/aromatic N) is 1. The van der Waals surface area contributed by atoms with Crippen molar-refractivity contribution in [2.75, 3.05) is 40.5 Å². The second kappa shape index (κ2) is 6.96. The van der Waals surface area contributed by atoms with Gasteiger partial charge >= 0.3 is 0 Å². The largest absolute Gasteiger partial charge is 0.497 e. The maximum atomic E-state index is 12.0. The highest BCUT2D eigenvalue weighted by atomic mass is 16.5. The van der Waals surface area contributed by atoms with Gasteiger partial charge in [-0.05, 0) is 18.2 Å². The highest BCUT2D eigenvalue weighted by Crippen LogP contribution is 2.25. The highest BCUT2D eigenvalue weighted by molar-refractivity contribution is 5.92. The van der Waals surface area contributed by atoms with Crippen molar-refractivity contribution in [2.45, 2.75) is 0 Å². The summed E-state index contributed by atoms with van der Waals surface area (Å²) in [6.45, 7) is 2.49. The van der Waals surface area contributed by atoms with Crippen LogP contribution in [0.1, 0.15) is 5.56 Å². The average molecular weight is 277 g/mol. The molecule has 0 saturated carbocycles. The molecule has 1 aliphatic rings. The van der Waals surface area contributed by atoms with E-state index in [4.69, 9.17) is 14.2 Å². The number of morpholine rings is 1. The minimum Gasteiger partial charge on any atom is -0.497 e. The molecule has 0 radical (unpaired) electrons. The van der Waals surface area contributed by atoms with Crippen LogP contribution in [-0.4, -0.2) is 51.3 Å². The van der Waals surface area contributed by atoms with Gasteiger partial charge in [-0.2, -0.15) is 0 Å². The number of carbonyl (C=O) groups excluding carboxylic acids is 1. The molecule has 1 amide bonds. The van der Waals surface area contributed by atoms with Gasteiger partial charge in [0.05, 0.1) is 27.4 Å². The molecule has 0 bridgehead atoms. The van der Waals surface area contributed by atoms with E-state index in [0.29, 0.717) is 32.1 Å². The Labute approximate surface area is 118 Å². The molecular formula is C15H19NO4. The number of hydrogen-bond donors (Lipinski definition) is 0. The second-order valence-corrected chi connectivity index (χ2v) is 4.38. The van der Waals surface area contributed by atoms with Gasteiger partial charge < -0.3 is 19.1 Å². The molecule has 1 aliphatic heterocycles. The number of amides is 1. The van der Waals surface area contributed by atoms with E-state index in [1.807, 2.05) is 12.1 Å². The maximum Gasteiger partial charge on any atom is 0.246 e. The van der Waals surface area contributed by atoms with E-state index in [-0.39, 0.29) is 5.91 Å². The number of ether oxygens (including phenoxy) is 3. The first-order chi connectivity index (χ1) is 9.74. The molecule has 5 nitrogen and oxygen atoms in total. The Morgan fingerprint density at radius 1 is 1.25 bits per heavy atom. The number of benzene rings is 1. The predicted octanol–water partition coefficient (Wildman–Crippen LogP) is 1.58. The van der Waals surface area contributed by atoms with Crippen molar-refractivity contribution in [2.24, 2.45) is 0 Å². The minimum atomic E-state index is -0.00817. The summed E-state index contributed by atoms with van der Waals surface area (Å²) in [5.41, 5.74) is 0.843. The first-order valence-corrected chi connectivity index (χ1v) is 6.51. The van der Waals surface area contributed by atoms with Crippen LogP contribution in [0.3, 0.4) is 0 Å². The van der Waals surface area contributed by atoms with E-state index in [1.165, 1.54) is 0 Å². The van der Waals surface area contributed by atoms with Crippen LogP contribution < -0.4 is 9.47 Å². The van der Waals surface area contributed by atoms with Crippen molar-refractivity contribution in [1.29, 1.82) is 0 Å². The summed E-state index contributed by atoms with van der Waals surface area (Å²) < 4.78 is 15.7. The van der Waals surface area contributed by atoms with Gasteiger partial charge in [0, 0.05) is 30.8 Å². The van der Waals surface area contributed by atoms with E-state index < -0.39 is 0 Å². The molecule has 108 valence electrons. The summed E-state index contributed by atoms with van der Waals surface area (Å²) in [5, 5.41) is 0. The zero-order valence-electron chi connectivity index (χ0n) is 11.8. The van der Waals surface area contributed by atoms with Gasteiger partial charge in [-0.25, -0.2) is 0 Å². The lowest BCUT2D eigenvalue weighted by Crippen LogP contribution is -2.39. The Hall–Kier alpha value is -2.01. The second-order valence-electron chi connectivity index (χ2n) is 4.38. The molecule has 1 saturated heterocycles. The first kappa shape index (κ1) is 14.4. The molecule has 0 spiro atoms. The van der Waals surface area contributed by atoms with E-state index in [2.05, 4.69) is 0 Å². The van der Waals surface area contributed by atoms with Gasteiger partial charge in [0.15, 0.2) is 0 Å². The third-order valence-corrected chi connectivity index (χ3v) is 3.17. The number of carbonyl (C=O) groups is 1. The molecule has 5 heteroatoms. The molecule has 2 rings (SSSR count). The van der Waals surface area contributed by atoms with Crippen molar-refractivity contribution in [3.8, 4) is 11.5 Å². The predicted molar refractivity (Wildman–Crippen MR) is 76.0 cm³/mol. The van der Waals surface area contributed by atoms with E-state index in [0.717, 1.165) is 11.3 Å². The molecule has 20 heavy (non-hydrogen) atoms. The fraction of sp³-hybridized carbons (Fsp3) is 0.400. The zero-order chi connectivity index (χ0) is 14.4. The molecule has 0 aliphatic carbocycles. The molecule has 0 atom stereocenters. The molecular weight excluding hydrogens is 258 g/mol. The molecule has 0 N–H and O–H groups in total. The van der Waals surface area contributed by atoms with Crippen LogP contribution >= 0.6 is 0 Å². The van der Waals surface area contributed by atoms with Gasteiger partial charge in [0.1, 0.15) is 11.5 Å². The van der Waals surface area contributed by atoms with Gasteiger partial charge in [0.25, 0.3) is 0 Å². The fourth-order valence-electron chi connectivity index (χ4n) is 2.01. The van der Waals surface area contributed by atoms with Crippen LogP contribution in [0.5, 0.6) is 11.5 Å². The van der Waals surface area contributed by atoms with Crippen LogP contribution in [0.2, 0.25) is 0 Å². The van der Waals surface area contributed by atoms with Crippen molar-refractivity contribution >= 4 is 12.0 Å². The molecule has 0 unspecified atom stereocenters. The zero-order valence-corrected chi connectivity index (χ0v) is 11.8. The normalized spacial score (nSPS) is 15.4. The summed E-state index contributed by atoms with van der Waals surface area (Å²) in [7, 11) is 3.20. The highest BCUT2D eigenvalue weighted by Gasteiger charge is 2.14. The SMILES string of the molecule is COc1ccc(/C=C/C(=O)N2CCOCC2)c(OC)c1. The van der Waals surface area contributed by atoms with Crippen LogP contribution in [0, 0.1) is 0 Å². The summed E-state index contributed by atoms with van der Waals surface area (Å²) in [4.78, 5) is 13.8. The third kappa shape index (κ3) is 3.51. The third-order valence-electron chi connectivity index (χ3n) is 3.17. The summed E-state index contributed by atoms with van der Waals surface area (Å²) >= 11 is 0. The molecule has 1 fully saturated rings. The summed E-state index contributed by atoms with van der Waals surface area (Å²) in [5.74, 6) is 1.39.